The molecule has 4 nitrogen and oxygen atoms in total. The molecule has 4 heteroatoms. The van der Waals surface area contributed by atoms with Crippen LogP contribution >= 0.6 is 0 Å². The second kappa shape index (κ2) is 5.19. The van der Waals surface area contributed by atoms with E-state index < -0.39 is 6.10 Å². The molecule has 1 aliphatic heterocycles. The molecular formula is C9H17NO3. The molecule has 13 heavy (non-hydrogen) atoms. The van der Waals surface area contributed by atoms with Crippen molar-refractivity contribution in [2.24, 2.45) is 0 Å². The number of carbonyl (C=O) groups excluding carboxylic acids is 1. The molecule has 0 aromatic carbocycles. The molecule has 0 aromatic rings. The minimum atomic E-state index is -0.614. The lowest BCUT2D eigenvalue weighted by Gasteiger charge is -2.24. The van der Waals surface area contributed by atoms with Crippen LogP contribution in [-0.4, -0.2) is 35.3 Å². The Bertz CT molecular complexity index is 164. The van der Waals surface area contributed by atoms with Gasteiger partial charge in [0.25, 0.3) is 0 Å². The number of aliphatic hydroxyl groups excluding tert-OH is 1. The van der Waals surface area contributed by atoms with Gasteiger partial charge in [-0.1, -0.05) is 6.42 Å². The number of hydroxylamine groups is 2. The summed E-state index contributed by atoms with van der Waals surface area (Å²) in [5.41, 5.74) is 0. The van der Waals surface area contributed by atoms with Crippen molar-refractivity contribution in [3.05, 3.63) is 0 Å². The first-order chi connectivity index (χ1) is 6.18. The molecule has 0 bridgehead atoms. The quantitative estimate of drug-likeness (QED) is 0.706. The maximum Gasteiger partial charge on any atom is 0.327 e. The predicted octanol–water partition coefficient (Wildman–Crippen LogP) is 0.701. The van der Waals surface area contributed by atoms with Gasteiger partial charge in [0.05, 0.1) is 12.5 Å². The molecule has 0 amide bonds. The lowest BCUT2D eigenvalue weighted by atomic mass is 10.2. The minimum absolute atomic E-state index is 0.0799. The average molecular weight is 187 g/mol. The fourth-order valence-corrected chi connectivity index (χ4v) is 1.38. The monoisotopic (exact) mass is 187 g/mol. The number of aliphatic hydroxyl groups is 1. The first-order valence-corrected chi connectivity index (χ1v) is 4.82. The Labute approximate surface area is 78.4 Å². The highest BCUT2D eigenvalue weighted by atomic mass is 16.7. The Kier molecular flexibility index (Phi) is 4.18. The summed E-state index contributed by atoms with van der Waals surface area (Å²) in [6, 6.07) is 0. The van der Waals surface area contributed by atoms with Crippen molar-refractivity contribution in [2.45, 2.75) is 38.7 Å². The van der Waals surface area contributed by atoms with Gasteiger partial charge in [-0.3, -0.25) is 4.79 Å². The molecular weight excluding hydrogens is 170 g/mol. The van der Waals surface area contributed by atoms with Crippen molar-refractivity contribution in [3.8, 4) is 0 Å². The Hall–Kier alpha value is -0.610. The summed E-state index contributed by atoms with van der Waals surface area (Å²) in [6.45, 7) is 3.23. The third-order valence-corrected chi connectivity index (χ3v) is 2.01. The SMILES string of the molecule is CC(O)CC(=O)ON1CCCCC1. The summed E-state index contributed by atoms with van der Waals surface area (Å²) in [5, 5.41) is 10.6. The average Bonchev–Trinajstić information content (AvgIpc) is 2.04. The first-order valence-electron chi connectivity index (χ1n) is 4.82. The maximum atomic E-state index is 11.1. The van der Waals surface area contributed by atoms with Crippen molar-refractivity contribution < 1.29 is 14.7 Å². The van der Waals surface area contributed by atoms with E-state index in [1.54, 1.807) is 12.0 Å². The Balaban J connectivity index is 2.18. The summed E-state index contributed by atoms with van der Waals surface area (Å²) < 4.78 is 0. The number of rotatable bonds is 3. The number of carbonyl (C=O) groups is 1. The molecule has 1 N–H and O–H groups in total. The molecule has 0 spiro atoms. The van der Waals surface area contributed by atoms with Crippen LogP contribution in [-0.2, 0) is 9.63 Å². The molecule has 1 fully saturated rings. The third-order valence-electron chi connectivity index (χ3n) is 2.01. The molecule has 1 atom stereocenters. The smallest absolute Gasteiger partial charge is 0.327 e. The normalized spacial score (nSPS) is 21.1. The zero-order valence-corrected chi connectivity index (χ0v) is 8.03. The fourth-order valence-electron chi connectivity index (χ4n) is 1.38. The Morgan fingerprint density at radius 2 is 2.08 bits per heavy atom. The van der Waals surface area contributed by atoms with Crippen LogP contribution in [0.25, 0.3) is 0 Å². The first kappa shape index (κ1) is 10.5. The van der Waals surface area contributed by atoms with Gasteiger partial charge in [0.1, 0.15) is 0 Å². The van der Waals surface area contributed by atoms with E-state index >= 15 is 0 Å². The second-order valence-electron chi connectivity index (χ2n) is 3.51. The summed E-state index contributed by atoms with van der Waals surface area (Å²) >= 11 is 0. The third kappa shape index (κ3) is 4.24. The molecule has 1 aliphatic rings. The molecule has 1 saturated heterocycles. The summed E-state index contributed by atoms with van der Waals surface area (Å²) in [6.07, 6.45) is 2.85. The van der Waals surface area contributed by atoms with E-state index in [9.17, 15) is 4.79 Å². The van der Waals surface area contributed by atoms with Gasteiger partial charge < -0.3 is 9.94 Å². The van der Waals surface area contributed by atoms with E-state index in [0.29, 0.717) is 0 Å². The maximum absolute atomic E-state index is 11.1. The summed E-state index contributed by atoms with van der Waals surface area (Å²) in [4.78, 5) is 16.1. The van der Waals surface area contributed by atoms with Crippen molar-refractivity contribution in [1.29, 1.82) is 0 Å². The largest absolute Gasteiger partial charge is 0.393 e. The lowest BCUT2D eigenvalue weighted by Crippen LogP contribution is -2.33. The van der Waals surface area contributed by atoms with E-state index in [2.05, 4.69) is 0 Å². The second-order valence-corrected chi connectivity index (χ2v) is 3.51. The van der Waals surface area contributed by atoms with E-state index in [1.807, 2.05) is 0 Å². The van der Waals surface area contributed by atoms with Crippen LogP contribution in [0.15, 0.2) is 0 Å². The molecule has 0 aliphatic carbocycles. The highest BCUT2D eigenvalue weighted by Gasteiger charge is 2.15. The van der Waals surface area contributed by atoms with Crippen LogP contribution in [0.5, 0.6) is 0 Å². The van der Waals surface area contributed by atoms with Gasteiger partial charge in [0, 0.05) is 13.1 Å². The number of nitrogens with zero attached hydrogens (tertiary/aromatic N) is 1. The zero-order valence-electron chi connectivity index (χ0n) is 8.03. The molecule has 0 radical (unpaired) electrons. The van der Waals surface area contributed by atoms with Crippen molar-refractivity contribution >= 4 is 5.97 Å². The molecule has 0 aromatic heterocycles. The topological polar surface area (TPSA) is 49.8 Å². The van der Waals surface area contributed by atoms with Gasteiger partial charge in [-0.25, -0.2) is 0 Å². The Morgan fingerprint density at radius 1 is 1.46 bits per heavy atom. The van der Waals surface area contributed by atoms with Gasteiger partial charge in [0.15, 0.2) is 0 Å². The van der Waals surface area contributed by atoms with Crippen LogP contribution in [0.3, 0.4) is 0 Å². The fraction of sp³-hybridized carbons (Fsp3) is 0.889. The van der Waals surface area contributed by atoms with E-state index in [1.165, 1.54) is 6.42 Å². The van der Waals surface area contributed by atoms with Crippen LogP contribution in [0.1, 0.15) is 32.6 Å². The van der Waals surface area contributed by atoms with Crippen LogP contribution in [0, 0.1) is 0 Å². The van der Waals surface area contributed by atoms with Crippen molar-refractivity contribution in [1.82, 2.24) is 5.06 Å². The molecule has 1 unspecified atom stereocenters. The summed E-state index contributed by atoms with van der Waals surface area (Å²) in [7, 11) is 0. The van der Waals surface area contributed by atoms with Crippen LogP contribution < -0.4 is 0 Å². The van der Waals surface area contributed by atoms with Crippen molar-refractivity contribution in [3.63, 3.8) is 0 Å². The van der Waals surface area contributed by atoms with Gasteiger partial charge in [0.2, 0.25) is 0 Å². The van der Waals surface area contributed by atoms with Gasteiger partial charge in [-0.15, -0.1) is 5.06 Å². The standard InChI is InChI=1S/C9H17NO3/c1-8(11)7-9(12)13-10-5-3-2-4-6-10/h8,11H,2-7H2,1H3. The van der Waals surface area contributed by atoms with Gasteiger partial charge in [-0.2, -0.15) is 0 Å². The molecule has 0 saturated carbocycles. The van der Waals surface area contributed by atoms with Crippen LogP contribution in [0.4, 0.5) is 0 Å². The van der Waals surface area contributed by atoms with Crippen LogP contribution in [0.2, 0.25) is 0 Å². The zero-order chi connectivity index (χ0) is 9.68. The number of hydrogen-bond donors (Lipinski definition) is 1. The van der Waals surface area contributed by atoms with Gasteiger partial charge >= 0.3 is 5.97 Å². The summed E-state index contributed by atoms with van der Waals surface area (Å²) in [5.74, 6) is -0.336. The highest BCUT2D eigenvalue weighted by Crippen LogP contribution is 2.09. The van der Waals surface area contributed by atoms with E-state index in [4.69, 9.17) is 9.94 Å². The predicted molar refractivity (Wildman–Crippen MR) is 47.8 cm³/mol. The Morgan fingerprint density at radius 3 is 2.62 bits per heavy atom. The lowest BCUT2D eigenvalue weighted by molar-refractivity contribution is -0.196. The molecule has 1 rings (SSSR count). The minimum Gasteiger partial charge on any atom is -0.393 e. The molecule has 1 heterocycles. The van der Waals surface area contributed by atoms with E-state index in [0.717, 1.165) is 25.9 Å². The number of hydrogen-bond acceptors (Lipinski definition) is 4. The van der Waals surface area contributed by atoms with Gasteiger partial charge in [-0.05, 0) is 19.8 Å². The molecule has 76 valence electrons. The van der Waals surface area contributed by atoms with E-state index in [-0.39, 0.29) is 12.4 Å². The highest BCUT2D eigenvalue weighted by molar-refractivity contribution is 5.69. The van der Waals surface area contributed by atoms with Crippen molar-refractivity contribution in [2.75, 3.05) is 13.1 Å². The number of piperidine rings is 1.